The molecule has 0 fully saturated rings. The highest BCUT2D eigenvalue weighted by Crippen LogP contribution is 2.15. The molecule has 0 unspecified atom stereocenters. The summed E-state index contributed by atoms with van der Waals surface area (Å²) in [5.74, 6) is 0.862. The molecular formula is C11H13ClN4O2. The first-order valence-electron chi connectivity index (χ1n) is 5.36. The van der Waals surface area contributed by atoms with Gasteiger partial charge < -0.3 is 0 Å². The van der Waals surface area contributed by atoms with E-state index >= 15 is 0 Å². The zero-order chi connectivity index (χ0) is 12.3. The van der Waals surface area contributed by atoms with Crippen molar-refractivity contribution in [2.75, 3.05) is 0 Å². The molecule has 2 rings (SSSR count). The van der Waals surface area contributed by atoms with E-state index in [4.69, 9.17) is 0 Å². The smallest absolute Gasteiger partial charge is 0.258 e. The molecule has 96 valence electrons. The highest BCUT2D eigenvalue weighted by atomic mass is 35.5. The molecule has 2 aromatic rings. The van der Waals surface area contributed by atoms with Gasteiger partial charge in [-0.25, -0.2) is 9.67 Å². The van der Waals surface area contributed by atoms with E-state index in [1.165, 1.54) is 18.5 Å². The summed E-state index contributed by atoms with van der Waals surface area (Å²) in [6, 6.07) is 6.28. The lowest BCUT2D eigenvalue weighted by Crippen LogP contribution is -2.02. The number of non-ortho nitro benzene ring substituents is 1. The van der Waals surface area contributed by atoms with E-state index in [1.54, 1.807) is 16.8 Å². The summed E-state index contributed by atoms with van der Waals surface area (Å²) >= 11 is 0. The summed E-state index contributed by atoms with van der Waals surface area (Å²) in [5, 5.41) is 14.7. The number of benzene rings is 1. The average molecular weight is 269 g/mol. The molecule has 0 N–H and O–H groups in total. The highest BCUT2D eigenvalue weighted by Gasteiger charge is 2.08. The van der Waals surface area contributed by atoms with Gasteiger partial charge >= 0.3 is 0 Å². The number of nitrogens with zero attached hydrogens (tertiary/aromatic N) is 4. The number of nitro groups is 1. The topological polar surface area (TPSA) is 73.8 Å². The molecule has 0 atom stereocenters. The Morgan fingerprint density at radius 3 is 2.56 bits per heavy atom. The third-order valence-electron chi connectivity index (χ3n) is 2.40. The lowest BCUT2D eigenvalue weighted by atomic mass is 10.2. The van der Waals surface area contributed by atoms with Gasteiger partial charge in [0.25, 0.3) is 5.69 Å². The van der Waals surface area contributed by atoms with Crippen LogP contribution in [0.15, 0.2) is 30.6 Å². The molecular weight excluding hydrogens is 256 g/mol. The van der Waals surface area contributed by atoms with Gasteiger partial charge in [0.2, 0.25) is 0 Å². The van der Waals surface area contributed by atoms with E-state index < -0.39 is 4.92 Å². The molecule has 0 amide bonds. The number of aromatic nitrogens is 3. The Bertz CT molecular complexity index is 524. The molecule has 1 heterocycles. The summed E-state index contributed by atoms with van der Waals surface area (Å²) in [6.07, 6.45) is 3.30. The molecule has 7 heteroatoms. The van der Waals surface area contributed by atoms with Gasteiger partial charge in [0, 0.05) is 18.6 Å². The van der Waals surface area contributed by atoms with Crippen LogP contribution in [0.5, 0.6) is 0 Å². The second-order valence-corrected chi connectivity index (χ2v) is 3.61. The second-order valence-electron chi connectivity index (χ2n) is 3.61. The summed E-state index contributed by atoms with van der Waals surface area (Å²) in [4.78, 5) is 14.3. The summed E-state index contributed by atoms with van der Waals surface area (Å²) < 4.78 is 1.70. The Kier molecular flexibility index (Phi) is 4.79. The minimum Gasteiger partial charge on any atom is -0.258 e. The van der Waals surface area contributed by atoms with Gasteiger partial charge in [-0.3, -0.25) is 10.1 Å². The Balaban J connectivity index is 0.00000162. The van der Waals surface area contributed by atoms with Crippen LogP contribution in [-0.4, -0.2) is 19.7 Å². The van der Waals surface area contributed by atoms with Gasteiger partial charge in [0.15, 0.2) is 0 Å². The van der Waals surface area contributed by atoms with Crippen LogP contribution in [0, 0.1) is 10.1 Å². The minimum absolute atomic E-state index is 0. The first kappa shape index (κ1) is 14.1. The number of hydrogen-bond donors (Lipinski definition) is 0. The van der Waals surface area contributed by atoms with Crippen LogP contribution >= 0.6 is 12.4 Å². The first-order chi connectivity index (χ1) is 8.22. The van der Waals surface area contributed by atoms with Crippen LogP contribution in [-0.2, 0) is 6.42 Å². The second kappa shape index (κ2) is 6.11. The lowest BCUT2D eigenvalue weighted by molar-refractivity contribution is -0.384. The fourth-order valence-electron chi connectivity index (χ4n) is 1.59. The SMILES string of the molecule is CCCc1ncnn1-c1ccc([N+](=O)[O-])cc1.Cl. The Morgan fingerprint density at radius 1 is 1.33 bits per heavy atom. The third-order valence-corrected chi connectivity index (χ3v) is 2.40. The molecule has 0 spiro atoms. The van der Waals surface area contributed by atoms with Crippen LogP contribution in [0.4, 0.5) is 5.69 Å². The fourth-order valence-corrected chi connectivity index (χ4v) is 1.59. The molecule has 0 radical (unpaired) electrons. The van der Waals surface area contributed by atoms with Crippen molar-refractivity contribution in [1.29, 1.82) is 0 Å². The first-order valence-corrected chi connectivity index (χ1v) is 5.36. The van der Waals surface area contributed by atoms with Gasteiger partial charge in [-0.15, -0.1) is 12.4 Å². The van der Waals surface area contributed by atoms with Gasteiger partial charge in [0.05, 0.1) is 10.6 Å². The maximum Gasteiger partial charge on any atom is 0.269 e. The van der Waals surface area contributed by atoms with Crippen molar-refractivity contribution in [2.24, 2.45) is 0 Å². The van der Waals surface area contributed by atoms with Crippen LogP contribution in [0.25, 0.3) is 5.69 Å². The van der Waals surface area contributed by atoms with Crippen LogP contribution in [0.3, 0.4) is 0 Å². The molecule has 0 aliphatic rings. The van der Waals surface area contributed by atoms with E-state index in [9.17, 15) is 10.1 Å². The minimum atomic E-state index is -0.419. The maximum atomic E-state index is 10.5. The van der Waals surface area contributed by atoms with Crippen molar-refractivity contribution in [3.63, 3.8) is 0 Å². The van der Waals surface area contributed by atoms with Crippen molar-refractivity contribution >= 4 is 18.1 Å². The zero-order valence-corrected chi connectivity index (χ0v) is 10.6. The Labute approximate surface area is 110 Å². The van der Waals surface area contributed by atoms with Gasteiger partial charge in [-0.05, 0) is 18.6 Å². The van der Waals surface area contributed by atoms with Crippen LogP contribution < -0.4 is 0 Å². The number of nitro benzene ring substituents is 1. The normalized spacial score (nSPS) is 9.83. The molecule has 1 aromatic heterocycles. The number of halogens is 1. The van der Waals surface area contributed by atoms with E-state index in [0.29, 0.717) is 0 Å². The molecule has 0 saturated carbocycles. The largest absolute Gasteiger partial charge is 0.269 e. The Morgan fingerprint density at radius 2 is 2.00 bits per heavy atom. The van der Waals surface area contributed by atoms with E-state index in [0.717, 1.165) is 24.4 Å². The Hall–Kier alpha value is -1.95. The van der Waals surface area contributed by atoms with E-state index in [2.05, 4.69) is 17.0 Å². The molecule has 0 bridgehead atoms. The average Bonchev–Trinajstić information content (AvgIpc) is 2.78. The summed E-state index contributed by atoms with van der Waals surface area (Å²) in [6.45, 7) is 2.06. The van der Waals surface area contributed by atoms with E-state index in [-0.39, 0.29) is 18.1 Å². The molecule has 0 aliphatic heterocycles. The molecule has 0 saturated heterocycles. The zero-order valence-electron chi connectivity index (χ0n) is 9.81. The van der Waals surface area contributed by atoms with Gasteiger partial charge in [-0.2, -0.15) is 5.10 Å². The number of aryl methyl sites for hydroxylation is 1. The van der Waals surface area contributed by atoms with Crippen LogP contribution in [0.1, 0.15) is 19.2 Å². The lowest BCUT2D eigenvalue weighted by Gasteiger charge is -2.04. The molecule has 0 aliphatic carbocycles. The number of rotatable bonds is 4. The number of hydrogen-bond acceptors (Lipinski definition) is 4. The van der Waals surface area contributed by atoms with Crippen molar-refractivity contribution in [3.8, 4) is 5.69 Å². The summed E-state index contributed by atoms with van der Waals surface area (Å²) in [7, 11) is 0. The van der Waals surface area contributed by atoms with Crippen molar-refractivity contribution in [2.45, 2.75) is 19.8 Å². The van der Waals surface area contributed by atoms with Gasteiger partial charge in [0.1, 0.15) is 12.2 Å². The highest BCUT2D eigenvalue weighted by molar-refractivity contribution is 5.85. The summed E-state index contributed by atoms with van der Waals surface area (Å²) in [5.41, 5.74) is 0.863. The van der Waals surface area contributed by atoms with Crippen molar-refractivity contribution < 1.29 is 4.92 Å². The standard InChI is InChI=1S/C11H12N4O2.ClH/c1-2-3-11-12-8-13-14(11)9-4-6-10(7-5-9)15(16)17;/h4-8H,2-3H2,1H3;1H. The van der Waals surface area contributed by atoms with E-state index in [1.807, 2.05) is 0 Å². The van der Waals surface area contributed by atoms with Gasteiger partial charge in [-0.1, -0.05) is 6.92 Å². The predicted molar refractivity (Wildman–Crippen MR) is 69.3 cm³/mol. The van der Waals surface area contributed by atoms with Crippen molar-refractivity contribution in [1.82, 2.24) is 14.8 Å². The molecule has 1 aromatic carbocycles. The molecule has 6 nitrogen and oxygen atoms in total. The van der Waals surface area contributed by atoms with Crippen molar-refractivity contribution in [3.05, 3.63) is 46.5 Å². The predicted octanol–water partition coefficient (Wildman–Crippen LogP) is 2.55. The quantitative estimate of drug-likeness (QED) is 0.631. The fraction of sp³-hybridized carbons (Fsp3) is 0.273. The monoisotopic (exact) mass is 268 g/mol. The van der Waals surface area contributed by atoms with Crippen LogP contribution in [0.2, 0.25) is 0 Å². The molecule has 18 heavy (non-hydrogen) atoms. The maximum absolute atomic E-state index is 10.5. The third kappa shape index (κ3) is 2.84.